The van der Waals surface area contributed by atoms with E-state index in [4.69, 9.17) is 14.2 Å². The molecule has 142 valence electrons. The first-order valence-electron chi connectivity index (χ1n) is 8.66. The van der Waals surface area contributed by atoms with Gasteiger partial charge in [-0.25, -0.2) is 4.79 Å². The fraction of sp³-hybridized carbons (Fsp3) is 0.300. The standard InChI is InChI=1S/C20H22N2O5/c1-25-17-9-8-14(12-18(17)26-2)13-19(23)27-11-5-10-22-16-7-4-3-6-15(16)21-20(22)24/h3-4,6-9,12H,5,10-11,13H2,1-2H3,(H,21,24). The van der Waals surface area contributed by atoms with Gasteiger partial charge in [-0.2, -0.15) is 0 Å². The number of aromatic amines is 1. The molecular formula is C20H22N2O5. The maximum atomic E-state index is 12.0. The molecule has 0 saturated carbocycles. The first-order chi connectivity index (χ1) is 13.1. The summed E-state index contributed by atoms with van der Waals surface area (Å²) in [5.41, 5.74) is 2.27. The van der Waals surface area contributed by atoms with Crippen molar-refractivity contribution in [3.05, 3.63) is 58.5 Å². The van der Waals surface area contributed by atoms with Gasteiger partial charge in [-0.05, 0) is 36.2 Å². The molecule has 0 unspecified atom stereocenters. The summed E-state index contributed by atoms with van der Waals surface area (Å²) in [4.78, 5) is 26.8. The quantitative estimate of drug-likeness (QED) is 0.487. The minimum Gasteiger partial charge on any atom is -0.493 e. The normalized spacial score (nSPS) is 10.7. The number of nitrogens with zero attached hydrogens (tertiary/aromatic N) is 1. The van der Waals surface area contributed by atoms with E-state index < -0.39 is 0 Å². The van der Waals surface area contributed by atoms with Crippen LogP contribution in [0.25, 0.3) is 11.0 Å². The highest BCUT2D eigenvalue weighted by molar-refractivity contribution is 5.75. The van der Waals surface area contributed by atoms with Gasteiger partial charge < -0.3 is 19.2 Å². The van der Waals surface area contributed by atoms with Gasteiger partial charge in [0.1, 0.15) is 0 Å². The Labute approximate surface area is 156 Å². The first kappa shape index (κ1) is 18.6. The van der Waals surface area contributed by atoms with Crippen LogP contribution in [0.1, 0.15) is 12.0 Å². The molecule has 3 aromatic rings. The molecule has 0 atom stereocenters. The molecule has 0 fully saturated rings. The molecule has 0 radical (unpaired) electrons. The third-order valence-electron chi connectivity index (χ3n) is 4.27. The van der Waals surface area contributed by atoms with E-state index in [-0.39, 0.29) is 24.7 Å². The number of ether oxygens (including phenoxy) is 3. The molecule has 0 spiro atoms. The zero-order chi connectivity index (χ0) is 19.2. The summed E-state index contributed by atoms with van der Waals surface area (Å²) in [5, 5.41) is 0. The van der Waals surface area contributed by atoms with Crippen molar-refractivity contribution in [3.8, 4) is 11.5 Å². The van der Waals surface area contributed by atoms with Crippen LogP contribution in [-0.4, -0.2) is 36.3 Å². The molecule has 0 bridgehead atoms. The van der Waals surface area contributed by atoms with Crippen molar-refractivity contribution < 1.29 is 19.0 Å². The molecule has 1 heterocycles. The maximum Gasteiger partial charge on any atom is 0.326 e. The topological polar surface area (TPSA) is 82.5 Å². The molecular weight excluding hydrogens is 348 g/mol. The van der Waals surface area contributed by atoms with Crippen molar-refractivity contribution in [2.45, 2.75) is 19.4 Å². The van der Waals surface area contributed by atoms with Gasteiger partial charge in [0, 0.05) is 6.54 Å². The number of para-hydroxylation sites is 2. The Morgan fingerprint density at radius 3 is 2.63 bits per heavy atom. The number of nitrogens with one attached hydrogen (secondary N) is 1. The average molecular weight is 370 g/mol. The van der Waals surface area contributed by atoms with Crippen LogP contribution in [0, 0.1) is 0 Å². The smallest absolute Gasteiger partial charge is 0.326 e. The molecule has 27 heavy (non-hydrogen) atoms. The highest BCUT2D eigenvalue weighted by Gasteiger charge is 2.10. The fourth-order valence-corrected chi connectivity index (χ4v) is 2.95. The summed E-state index contributed by atoms with van der Waals surface area (Å²) >= 11 is 0. The van der Waals surface area contributed by atoms with E-state index in [1.165, 1.54) is 0 Å². The van der Waals surface area contributed by atoms with Gasteiger partial charge in [0.25, 0.3) is 0 Å². The van der Waals surface area contributed by atoms with Crippen molar-refractivity contribution in [1.29, 1.82) is 0 Å². The number of methoxy groups -OCH3 is 2. The second-order valence-electron chi connectivity index (χ2n) is 6.04. The van der Waals surface area contributed by atoms with Crippen LogP contribution in [0.4, 0.5) is 0 Å². The van der Waals surface area contributed by atoms with Gasteiger partial charge >= 0.3 is 11.7 Å². The molecule has 2 aromatic carbocycles. The van der Waals surface area contributed by atoms with Crippen LogP contribution in [0.5, 0.6) is 11.5 Å². The van der Waals surface area contributed by atoms with Gasteiger partial charge in [0.15, 0.2) is 11.5 Å². The Hall–Kier alpha value is -3.22. The zero-order valence-electron chi connectivity index (χ0n) is 15.4. The molecule has 0 amide bonds. The second-order valence-corrected chi connectivity index (χ2v) is 6.04. The van der Waals surface area contributed by atoms with Gasteiger partial charge in [0.05, 0.1) is 38.3 Å². The van der Waals surface area contributed by atoms with E-state index in [9.17, 15) is 9.59 Å². The molecule has 0 aliphatic rings. The molecule has 3 rings (SSSR count). The SMILES string of the molecule is COc1ccc(CC(=O)OCCCn2c(=O)[nH]c3ccccc32)cc1OC. The third kappa shape index (κ3) is 4.31. The summed E-state index contributed by atoms with van der Waals surface area (Å²) in [6.07, 6.45) is 0.701. The average Bonchev–Trinajstić information content (AvgIpc) is 3.00. The summed E-state index contributed by atoms with van der Waals surface area (Å²) in [5.74, 6) is 0.855. The van der Waals surface area contributed by atoms with Crippen LogP contribution in [0.3, 0.4) is 0 Å². The van der Waals surface area contributed by atoms with Gasteiger partial charge in [-0.1, -0.05) is 18.2 Å². The van der Waals surface area contributed by atoms with Crippen LogP contribution in [0.15, 0.2) is 47.3 Å². The minimum absolute atomic E-state index is 0.146. The number of fused-ring (bicyclic) bond motifs is 1. The molecule has 1 aromatic heterocycles. The molecule has 7 nitrogen and oxygen atoms in total. The van der Waals surface area contributed by atoms with Crippen molar-refractivity contribution in [3.63, 3.8) is 0 Å². The van der Waals surface area contributed by atoms with E-state index in [0.29, 0.717) is 24.5 Å². The number of hydrogen-bond donors (Lipinski definition) is 1. The number of imidazole rings is 1. The van der Waals surface area contributed by atoms with Crippen LogP contribution < -0.4 is 15.2 Å². The van der Waals surface area contributed by atoms with Crippen LogP contribution >= 0.6 is 0 Å². The van der Waals surface area contributed by atoms with Gasteiger partial charge in [0.2, 0.25) is 0 Å². The number of carbonyl (C=O) groups excluding carboxylic acids is 1. The van der Waals surface area contributed by atoms with Crippen molar-refractivity contribution in [2.24, 2.45) is 0 Å². The number of esters is 1. The number of rotatable bonds is 8. The maximum absolute atomic E-state index is 12.0. The fourth-order valence-electron chi connectivity index (χ4n) is 2.95. The Balaban J connectivity index is 1.51. The summed E-state index contributed by atoms with van der Waals surface area (Å²) < 4.78 is 17.4. The second kappa shape index (κ2) is 8.44. The monoisotopic (exact) mass is 370 g/mol. The number of benzene rings is 2. The molecule has 0 saturated heterocycles. The van der Waals surface area contributed by atoms with E-state index in [2.05, 4.69) is 4.98 Å². The summed E-state index contributed by atoms with van der Waals surface area (Å²) in [6.45, 7) is 0.727. The van der Waals surface area contributed by atoms with Crippen LogP contribution in [0.2, 0.25) is 0 Å². The van der Waals surface area contributed by atoms with Gasteiger partial charge in [-0.3, -0.25) is 9.36 Å². The number of hydrogen-bond acceptors (Lipinski definition) is 5. The predicted octanol–water partition coefficient (Wildman–Crippen LogP) is 2.52. The third-order valence-corrected chi connectivity index (χ3v) is 4.27. The molecule has 7 heteroatoms. The number of H-pyrrole nitrogens is 1. The van der Waals surface area contributed by atoms with E-state index in [1.807, 2.05) is 24.3 Å². The van der Waals surface area contributed by atoms with E-state index in [0.717, 1.165) is 16.6 Å². The Morgan fingerprint density at radius 2 is 1.85 bits per heavy atom. The number of carbonyl (C=O) groups is 1. The predicted molar refractivity (Wildman–Crippen MR) is 101 cm³/mol. The first-order valence-corrected chi connectivity index (χ1v) is 8.66. The van der Waals surface area contributed by atoms with Crippen molar-refractivity contribution in [2.75, 3.05) is 20.8 Å². The Morgan fingerprint density at radius 1 is 1.07 bits per heavy atom. The lowest BCUT2D eigenvalue weighted by atomic mass is 10.1. The molecule has 0 aliphatic heterocycles. The lowest BCUT2D eigenvalue weighted by molar-refractivity contribution is -0.142. The Kier molecular flexibility index (Phi) is 5.80. The number of aromatic nitrogens is 2. The zero-order valence-corrected chi connectivity index (χ0v) is 15.4. The Bertz CT molecular complexity index is 989. The van der Waals surface area contributed by atoms with Crippen molar-refractivity contribution in [1.82, 2.24) is 9.55 Å². The summed E-state index contributed by atoms with van der Waals surface area (Å²) in [7, 11) is 3.11. The highest BCUT2D eigenvalue weighted by Crippen LogP contribution is 2.27. The molecule has 0 aliphatic carbocycles. The van der Waals surface area contributed by atoms with E-state index in [1.54, 1.807) is 37.0 Å². The summed E-state index contributed by atoms with van der Waals surface area (Å²) in [6, 6.07) is 12.8. The van der Waals surface area contributed by atoms with Crippen molar-refractivity contribution >= 4 is 17.0 Å². The lowest BCUT2D eigenvalue weighted by Gasteiger charge is -2.10. The van der Waals surface area contributed by atoms with E-state index >= 15 is 0 Å². The van der Waals surface area contributed by atoms with Crippen LogP contribution in [-0.2, 0) is 22.5 Å². The number of aryl methyl sites for hydroxylation is 1. The van der Waals surface area contributed by atoms with Gasteiger partial charge in [-0.15, -0.1) is 0 Å². The lowest BCUT2D eigenvalue weighted by Crippen LogP contribution is -2.18. The minimum atomic E-state index is -0.325. The highest BCUT2D eigenvalue weighted by atomic mass is 16.5. The largest absolute Gasteiger partial charge is 0.493 e. The molecule has 1 N–H and O–H groups in total.